The number of thioether (sulfide) groups is 1. The second-order valence-electron chi connectivity index (χ2n) is 5.74. The largest absolute Gasteiger partial charge is 0.341 e. The van der Waals surface area contributed by atoms with Gasteiger partial charge in [0.25, 0.3) is 0 Å². The SMILES string of the molecule is CN(Cc1cnn(-c2ccccc2)c1)C(=O)CSc1ccc(F)c(F)c1. The Bertz CT molecular complexity index is 899. The Morgan fingerprint density at radius 2 is 1.92 bits per heavy atom. The molecule has 1 amide bonds. The molecule has 26 heavy (non-hydrogen) atoms. The lowest BCUT2D eigenvalue weighted by Gasteiger charge is -2.16. The maximum atomic E-state index is 13.2. The Labute approximate surface area is 154 Å². The van der Waals surface area contributed by atoms with Crippen LogP contribution in [0.3, 0.4) is 0 Å². The van der Waals surface area contributed by atoms with Crippen LogP contribution in [-0.4, -0.2) is 33.4 Å². The number of carbonyl (C=O) groups is 1. The molecular formula is C19H17F2N3OS. The van der Waals surface area contributed by atoms with E-state index in [0.717, 1.165) is 23.4 Å². The van der Waals surface area contributed by atoms with Gasteiger partial charge in [0.1, 0.15) is 0 Å². The molecule has 3 aromatic rings. The molecule has 134 valence electrons. The molecular weight excluding hydrogens is 356 g/mol. The van der Waals surface area contributed by atoms with Crippen LogP contribution in [0.25, 0.3) is 5.69 Å². The van der Waals surface area contributed by atoms with Gasteiger partial charge in [-0.2, -0.15) is 5.10 Å². The molecule has 0 N–H and O–H groups in total. The molecule has 1 heterocycles. The van der Waals surface area contributed by atoms with Crippen molar-refractivity contribution in [3.63, 3.8) is 0 Å². The monoisotopic (exact) mass is 373 g/mol. The molecule has 0 unspecified atom stereocenters. The predicted octanol–water partition coefficient (Wildman–Crippen LogP) is 3.90. The Morgan fingerprint density at radius 3 is 2.65 bits per heavy atom. The number of carbonyl (C=O) groups excluding carboxylic acids is 1. The van der Waals surface area contributed by atoms with Crippen LogP contribution >= 0.6 is 11.8 Å². The van der Waals surface area contributed by atoms with Crippen molar-refractivity contribution < 1.29 is 13.6 Å². The summed E-state index contributed by atoms with van der Waals surface area (Å²) in [6.07, 6.45) is 3.60. The van der Waals surface area contributed by atoms with Gasteiger partial charge >= 0.3 is 0 Å². The molecule has 3 rings (SSSR count). The van der Waals surface area contributed by atoms with Crippen molar-refractivity contribution in [2.24, 2.45) is 0 Å². The second kappa shape index (κ2) is 8.14. The first-order chi connectivity index (χ1) is 12.5. The van der Waals surface area contributed by atoms with Crippen molar-refractivity contribution in [3.8, 4) is 5.69 Å². The highest BCUT2D eigenvalue weighted by atomic mass is 32.2. The fourth-order valence-corrected chi connectivity index (χ4v) is 3.21. The lowest BCUT2D eigenvalue weighted by atomic mass is 10.3. The zero-order valence-corrected chi connectivity index (χ0v) is 14.9. The summed E-state index contributed by atoms with van der Waals surface area (Å²) in [5.41, 5.74) is 1.85. The van der Waals surface area contributed by atoms with Crippen LogP contribution in [-0.2, 0) is 11.3 Å². The van der Waals surface area contributed by atoms with Crippen molar-refractivity contribution in [2.45, 2.75) is 11.4 Å². The Balaban J connectivity index is 1.56. The van der Waals surface area contributed by atoms with Crippen molar-refractivity contribution in [2.75, 3.05) is 12.8 Å². The van der Waals surface area contributed by atoms with E-state index in [0.29, 0.717) is 11.4 Å². The number of nitrogens with zero attached hydrogens (tertiary/aromatic N) is 3. The van der Waals surface area contributed by atoms with E-state index in [9.17, 15) is 13.6 Å². The van der Waals surface area contributed by atoms with Gasteiger partial charge < -0.3 is 4.90 Å². The minimum Gasteiger partial charge on any atom is -0.341 e. The highest BCUT2D eigenvalue weighted by Crippen LogP contribution is 2.21. The van der Waals surface area contributed by atoms with Gasteiger partial charge in [-0.25, -0.2) is 13.5 Å². The Morgan fingerprint density at radius 1 is 1.15 bits per heavy atom. The van der Waals surface area contributed by atoms with Crippen molar-refractivity contribution >= 4 is 17.7 Å². The first kappa shape index (κ1) is 18.1. The number of hydrogen-bond acceptors (Lipinski definition) is 3. The van der Waals surface area contributed by atoms with Crippen LogP contribution in [0, 0.1) is 11.6 Å². The molecule has 4 nitrogen and oxygen atoms in total. The number of amides is 1. The molecule has 7 heteroatoms. The standard InChI is InChI=1S/C19H17F2N3OS/c1-23(19(25)13-26-16-7-8-17(20)18(21)9-16)11-14-10-22-24(12-14)15-5-3-2-4-6-15/h2-10,12H,11,13H2,1H3. The number of aromatic nitrogens is 2. The van der Waals surface area contributed by atoms with E-state index < -0.39 is 11.6 Å². The molecule has 0 aliphatic heterocycles. The van der Waals surface area contributed by atoms with Gasteiger partial charge in [-0.05, 0) is 30.3 Å². The van der Waals surface area contributed by atoms with Crippen LogP contribution < -0.4 is 0 Å². The summed E-state index contributed by atoms with van der Waals surface area (Å²) >= 11 is 1.17. The van der Waals surface area contributed by atoms with Gasteiger partial charge in [0, 0.05) is 30.2 Å². The van der Waals surface area contributed by atoms with Gasteiger partial charge in [0.15, 0.2) is 11.6 Å². The number of benzene rings is 2. The van der Waals surface area contributed by atoms with E-state index in [4.69, 9.17) is 0 Å². The summed E-state index contributed by atoms with van der Waals surface area (Å²) in [7, 11) is 1.70. The van der Waals surface area contributed by atoms with E-state index in [2.05, 4.69) is 5.10 Å². The molecule has 0 saturated carbocycles. The lowest BCUT2D eigenvalue weighted by molar-refractivity contribution is -0.127. The van der Waals surface area contributed by atoms with E-state index in [1.807, 2.05) is 36.5 Å². The fourth-order valence-electron chi connectivity index (χ4n) is 2.35. The van der Waals surface area contributed by atoms with E-state index in [1.165, 1.54) is 17.8 Å². The summed E-state index contributed by atoms with van der Waals surface area (Å²) in [6.45, 7) is 0.421. The predicted molar refractivity (Wildman–Crippen MR) is 97.1 cm³/mol. The van der Waals surface area contributed by atoms with E-state index in [1.54, 1.807) is 22.8 Å². The smallest absolute Gasteiger partial charge is 0.232 e. The third-order valence-corrected chi connectivity index (χ3v) is 4.73. The van der Waals surface area contributed by atoms with Gasteiger partial charge in [0.05, 0.1) is 17.6 Å². The molecule has 0 spiro atoms. The van der Waals surface area contributed by atoms with Gasteiger partial charge in [-0.1, -0.05) is 18.2 Å². The molecule has 0 bridgehead atoms. The summed E-state index contributed by atoms with van der Waals surface area (Å²) in [5, 5.41) is 4.31. The molecule has 0 radical (unpaired) electrons. The second-order valence-corrected chi connectivity index (χ2v) is 6.79. The van der Waals surface area contributed by atoms with Crippen molar-refractivity contribution in [3.05, 3.63) is 78.1 Å². The average Bonchev–Trinajstić information content (AvgIpc) is 3.11. The minimum atomic E-state index is -0.913. The van der Waals surface area contributed by atoms with E-state index >= 15 is 0 Å². The van der Waals surface area contributed by atoms with Crippen LogP contribution in [0.5, 0.6) is 0 Å². The summed E-state index contributed by atoms with van der Waals surface area (Å²) < 4.78 is 27.9. The first-order valence-electron chi connectivity index (χ1n) is 7.94. The fraction of sp³-hybridized carbons (Fsp3) is 0.158. The van der Waals surface area contributed by atoms with Crippen LogP contribution in [0.1, 0.15) is 5.56 Å². The van der Waals surface area contributed by atoms with Crippen molar-refractivity contribution in [1.82, 2.24) is 14.7 Å². The van der Waals surface area contributed by atoms with Gasteiger partial charge in [0.2, 0.25) is 5.91 Å². The number of para-hydroxylation sites is 1. The Hall–Kier alpha value is -2.67. The Kier molecular flexibility index (Phi) is 5.68. The summed E-state index contributed by atoms with van der Waals surface area (Å²) in [4.78, 5) is 14.4. The number of rotatable bonds is 6. The summed E-state index contributed by atoms with van der Waals surface area (Å²) in [5.74, 6) is -1.77. The van der Waals surface area contributed by atoms with Gasteiger partial charge in [-0.15, -0.1) is 11.8 Å². The molecule has 0 aliphatic rings. The maximum absolute atomic E-state index is 13.2. The molecule has 0 aliphatic carbocycles. The summed E-state index contributed by atoms with van der Waals surface area (Å²) in [6, 6.07) is 13.3. The van der Waals surface area contributed by atoms with Crippen LogP contribution in [0.15, 0.2) is 65.8 Å². The third-order valence-electron chi connectivity index (χ3n) is 3.76. The average molecular weight is 373 g/mol. The highest BCUT2D eigenvalue weighted by Gasteiger charge is 2.12. The lowest BCUT2D eigenvalue weighted by Crippen LogP contribution is -2.27. The normalized spacial score (nSPS) is 10.7. The molecule has 0 saturated heterocycles. The molecule has 1 aromatic heterocycles. The minimum absolute atomic E-state index is 0.104. The van der Waals surface area contributed by atoms with Crippen LogP contribution in [0.2, 0.25) is 0 Å². The maximum Gasteiger partial charge on any atom is 0.232 e. The number of hydrogen-bond donors (Lipinski definition) is 0. The van der Waals surface area contributed by atoms with E-state index in [-0.39, 0.29) is 11.7 Å². The molecule has 0 atom stereocenters. The number of halogens is 2. The zero-order valence-electron chi connectivity index (χ0n) is 14.1. The molecule has 0 fully saturated rings. The first-order valence-corrected chi connectivity index (χ1v) is 8.92. The van der Waals surface area contributed by atoms with Gasteiger partial charge in [-0.3, -0.25) is 4.79 Å². The molecule has 2 aromatic carbocycles. The van der Waals surface area contributed by atoms with Crippen LogP contribution in [0.4, 0.5) is 8.78 Å². The topological polar surface area (TPSA) is 38.1 Å². The van der Waals surface area contributed by atoms with Crippen molar-refractivity contribution in [1.29, 1.82) is 0 Å². The third kappa shape index (κ3) is 4.49. The quantitative estimate of drug-likeness (QED) is 0.615. The highest BCUT2D eigenvalue weighted by molar-refractivity contribution is 8.00. The zero-order chi connectivity index (χ0) is 18.5.